The van der Waals surface area contributed by atoms with Gasteiger partial charge in [0.15, 0.2) is 6.29 Å². The van der Waals surface area contributed by atoms with Crippen LogP contribution in [0.25, 0.3) is 11.4 Å². The molecule has 28 heavy (non-hydrogen) atoms. The van der Waals surface area contributed by atoms with Crippen molar-refractivity contribution in [1.29, 1.82) is 0 Å². The molecule has 1 heterocycles. The van der Waals surface area contributed by atoms with Crippen LogP contribution in [0, 0.1) is 5.82 Å². The van der Waals surface area contributed by atoms with Crippen LogP contribution in [0.5, 0.6) is 0 Å². The lowest BCUT2D eigenvalue weighted by Gasteiger charge is -2.25. The van der Waals surface area contributed by atoms with Crippen molar-refractivity contribution < 1.29 is 23.4 Å². The molecule has 0 radical (unpaired) electrons. The van der Waals surface area contributed by atoms with Crippen molar-refractivity contribution in [2.45, 2.75) is 39.0 Å². The molecule has 0 atom stereocenters. The molecule has 0 aliphatic carbocycles. The van der Waals surface area contributed by atoms with Crippen LogP contribution in [0.4, 0.5) is 4.39 Å². The molecule has 0 unspecified atom stereocenters. The highest BCUT2D eigenvalue weighted by atomic mass is 19.1. The van der Waals surface area contributed by atoms with Gasteiger partial charge in [0.05, 0.1) is 19.3 Å². The summed E-state index contributed by atoms with van der Waals surface area (Å²) in [7, 11) is 4.09. The molecular weight excluding hydrogens is 367 g/mol. The Morgan fingerprint density at radius 3 is 2.18 bits per heavy atom. The summed E-state index contributed by atoms with van der Waals surface area (Å²) in [5, 5.41) is 0. The molecule has 8 heteroatoms. The number of hydrogen-bond acceptors (Lipinski definition) is 6. The molecule has 0 bridgehead atoms. The number of aromatic nitrogens is 2. The molecule has 0 N–H and O–H groups in total. The monoisotopic (exact) mass is 392 g/mol. The number of nitrogens with zero attached hydrogens (tertiary/aromatic N) is 2. The van der Waals surface area contributed by atoms with Crippen LogP contribution in [-0.2, 0) is 26.2 Å². The summed E-state index contributed by atoms with van der Waals surface area (Å²) in [6.45, 7) is 5.51. The number of rotatable bonds is 6. The lowest BCUT2D eigenvalue weighted by Crippen LogP contribution is -2.37. The molecule has 0 fully saturated rings. The van der Waals surface area contributed by atoms with E-state index in [1.54, 1.807) is 0 Å². The highest BCUT2D eigenvalue weighted by Crippen LogP contribution is 2.26. The summed E-state index contributed by atoms with van der Waals surface area (Å²) in [6.07, 6.45) is -0.746. The number of halogens is 1. The Hall–Kier alpha value is -2.58. The van der Waals surface area contributed by atoms with E-state index in [1.165, 1.54) is 50.2 Å². The van der Waals surface area contributed by atoms with E-state index >= 15 is 0 Å². The number of carbonyl (C=O) groups excluding carboxylic acids is 1. The first kappa shape index (κ1) is 21.7. The predicted octanol–water partition coefficient (Wildman–Crippen LogP) is 2.75. The van der Waals surface area contributed by atoms with Crippen molar-refractivity contribution in [2.75, 3.05) is 21.3 Å². The zero-order chi connectivity index (χ0) is 21.1. The Kier molecular flexibility index (Phi) is 6.69. The van der Waals surface area contributed by atoms with Crippen molar-refractivity contribution >= 4 is 5.97 Å². The van der Waals surface area contributed by atoms with Crippen molar-refractivity contribution in [3.05, 3.63) is 51.7 Å². The molecule has 2 aromatic rings. The second-order valence-corrected chi connectivity index (χ2v) is 7.22. The molecule has 152 valence electrons. The van der Waals surface area contributed by atoms with E-state index in [4.69, 9.17) is 14.2 Å². The first-order valence-corrected chi connectivity index (χ1v) is 8.69. The fraction of sp³-hybridized carbons (Fsp3) is 0.450. The Labute approximate surface area is 163 Å². The minimum atomic E-state index is -0.770. The zero-order valence-electron chi connectivity index (χ0n) is 16.9. The van der Waals surface area contributed by atoms with Gasteiger partial charge in [-0.3, -0.25) is 9.36 Å². The van der Waals surface area contributed by atoms with Crippen molar-refractivity contribution in [1.82, 2.24) is 9.55 Å². The number of ether oxygens (including phenoxy) is 3. The van der Waals surface area contributed by atoms with Gasteiger partial charge in [0.1, 0.15) is 17.2 Å². The van der Waals surface area contributed by atoms with Crippen LogP contribution in [0.2, 0.25) is 0 Å². The van der Waals surface area contributed by atoms with Crippen LogP contribution in [0.1, 0.15) is 36.8 Å². The lowest BCUT2D eigenvalue weighted by molar-refractivity contribution is -0.111. The van der Waals surface area contributed by atoms with Gasteiger partial charge in [-0.25, -0.2) is 14.2 Å². The van der Waals surface area contributed by atoms with E-state index in [2.05, 4.69) is 4.98 Å². The number of hydrogen-bond donors (Lipinski definition) is 0. The standard InChI is InChI=1S/C20H25FN2O5/c1-20(2,3)16-15(19(25)28-6)18(24)23(11-14(26-4)27-5)17(22-16)12-7-9-13(21)10-8-12/h7-10,14H,11H2,1-6H3. The third-order valence-corrected chi connectivity index (χ3v) is 4.23. The highest BCUT2D eigenvalue weighted by molar-refractivity contribution is 5.90. The second-order valence-electron chi connectivity index (χ2n) is 7.22. The van der Waals surface area contributed by atoms with Crippen LogP contribution in [-0.4, -0.2) is 43.1 Å². The molecule has 0 aliphatic heterocycles. The maximum atomic E-state index is 13.4. The molecule has 0 amide bonds. The number of carbonyl (C=O) groups is 1. The smallest absolute Gasteiger partial charge is 0.345 e. The van der Waals surface area contributed by atoms with Gasteiger partial charge in [0, 0.05) is 25.2 Å². The predicted molar refractivity (Wildman–Crippen MR) is 102 cm³/mol. The van der Waals surface area contributed by atoms with Gasteiger partial charge in [-0.1, -0.05) is 20.8 Å². The average molecular weight is 392 g/mol. The van der Waals surface area contributed by atoms with E-state index in [0.717, 1.165) is 0 Å². The Morgan fingerprint density at radius 2 is 1.71 bits per heavy atom. The number of methoxy groups -OCH3 is 3. The summed E-state index contributed by atoms with van der Waals surface area (Å²) in [4.78, 5) is 30.3. The normalized spacial score (nSPS) is 11.7. The Morgan fingerprint density at radius 1 is 1.14 bits per heavy atom. The zero-order valence-corrected chi connectivity index (χ0v) is 16.9. The third-order valence-electron chi connectivity index (χ3n) is 4.23. The second kappa shape index (κ2) is 8.62. The van der Waals surface area contributed by atoms with Gasteiger partial charge in [0.2, 0.25) is 0 Å². The van der Waals surface area contributed by atoms with Gasteiger partial charge in [-0.05, 0) is 24.3 Å². The molecular formula is C20H25FN2O5. The first-order valence-electron chi connectivity index (χ1n) is 8.69. The fourth-order valence-corrected chi connectivity index (χ4v) is 2.77. The molecule has 7 nitrogen and oxygen atoms in total. The van der Waals surface area contributed by atoms with E-state index in [0.29, 0.717) is 11.3 Å². The summed E-state index contributed by atoms with van der Waals surface area (Å²) >= 11 is 0. The molecule has 2 rings (SSSR count). The van der Waals surface area contributed by atoms with Crippen molar-refractivity contribution in [3.63, 3.8) is 0 Å². The summed E-state index contributed by atoms with van der Waals surface area (Å²) < 4.78 is 29.9. The minimum Gasteiger partial charge on any atom is -0.465 e. The largest absolute Gasteiger partial charge is 0.465 e. The summed E-state index contributed by atoms with van der Waals surface area (Å²) in [5.74, 6) is -0.901. The lowest BCUT2D eigenvalue weighted by atomic mass is 9.88. The fourth-order valence-electron chi connectivity index (χ4n) is 2.77. The Bertz CT molecular complexity index is 897. The van der Waals surface area contributed by atoms with Crippen molar-refractivity contribution in [3.8, 4) is 11.4 Å². The molecule has 0 aliphatic rings. The highest BCUT2D eigenvalue weighted by Gasteiger charge is 2.31. The SMILES string of the molecule is COC(=O)c1c(C(C)(C)C)nc(-c2ccc(F)cc2)n(CC(OC)OC)c1=O. The van der Waals surface area contributed by atoms with E-state index in [-0.39, 0.29) is 17.9 Å². The van der Waals surface area contributed by atoms with E-state index in [9.17, 15) is 14.0 Å². The third kappa shape index (κ3) is 4.45. The summed E-state index contributed by atoms with van der Waals surface area (Å²) in [5.41, 5.74) is -0.520. The average Bonchev–Trinajstić information content (AvgIpc) is 2.65. The van der Waals surface area contributed by atoms with Gasteiger partial charge < -0.3 is 14.2 Å². The maximum Gasteiger partial charge on any atom is 0.345 e. The molecule has 1 aromatic heterocycles. The minimum absolute atomic E-state index is 0.0139. The van der Waals surface area contributed by atoms with Gasteiger partial charge >= 0.3 is 5.97 Å². The van der Waals surface area contributed by atoms with Crippen molar-refractivity contribution in [2.24, 2.45) is 0 Å². The topological polar surface area (TPSA) is 79.7 Å². The quantitative estimate of drug-likeness (QED) is 0.556. The van der Waals surface area contributed by atoms with Crippen LogP contribution in [0.3, 0.4) is 0 Å². The number of benzene rings is 1. The number of esters is 1. The Balaban J connectivity index is 2.87. The first-order chi connectivity index (χ1) is 13.1. The molecule has 0 saturated heterocycles. The van der Waals surface area contributed by atoms with Crippen LogP contribution < -0.4 is 5.56 Å². The van der Waals surface area contributed by atoms with E-state index < -0.39 is 29.1 Å². The van der Waals surface area contributed by atoms with Gasteiger partial charge in [0.25, 0.3) is 5.56 Å². The molecule has 0 spiro atoms. The van der Waals surface area contributed by atoms with Gasteiger partial charge in [-0.15, -0.1) is 0 Å². The van der Waals surface area contributed by atoms with Crippen LogP contribution >= 0.6 is 0 Å². The van der Waals surface area contributed by atoms with E-state index in [1.807, 2.05) is 20.8 Å². The van der Waals surface area contributed by atoms with Gasteiger partial charge in [-0.2, -0.15) is 0 Å². The molecule has 1 aromatic carbocycles. The molecule has 0 saturated carbocycles. The maximum absolute atomic E-state index is 13.4. The summed E-state index contributed by atoms with van der Waals surface area (Å²) in [6, 6.07) is 5.60. The van der Waals surface area contributed by atoms with Crippen LogP contribution in [0.15, 0.2) is 29.1 Å².